The fraction of sp³-hybridized carbons (Fsp3) is 0.296. The van der Waals surface area contributed by atoms with Gasteiger partial charge in [-0.15, -0.1) is 11.3 Å². The number of carbonyl (C=O) groups is 1. The summed E-state index contributed by atoms with van der Waals surface area (Å²) in [6.07, 6.45) is 3.99. The van der Waals surface area contributed by atoms with Gasteiger partial charge in [0.1, 0.15) is 5.78 Å². The first kappa shape index (κ1) is 24.6. The maximum absolute atomic E-state index is 11.3. The molecule has 182 valence electrons. The van der Waals surface area contributed by atoms with Gasteiger partial charge in [-0.1, -0.05) is 12.1 Å². The lowest BCUT2D eigenvalue weighted by atomic mass is 10.1. The highest BCUT2D eigenvalue weighted by atomic mass is 32.1. The van der Waals surface area contributed by atoms with Gasteiger partial charge in [0.25, 0.3) is 0 Å². The van der Waals surface area contributed by atoms with Crippen LogP contribution >= 0.6 is 11.3 Å². The van der Waals surface area contributed by atoms with Crippen molar-refractivity contribution < 1.29 is 9.53 Å². The normalized spacial score (nSPS) is 11.0. The smallest absolute Gasteiger partial charge is 0.187 e. The Morgan fingerprint density at radius 3 is 2.69 bits per heavy atom. The number of hydrogen-bond donors (Lipinski definition) is 1. The van der Waals surface area contributed by atoms with Crippen LogP contribution in [-0.4, -0.2) is 47.1 Å². The van der Waals surface area contributed by atoms with Crippen LogP contribution in [-0.2, 0) is 16.0 Å². The van der Waals surface area contributed by atoms with Crippen LogP contribution in [0.25, 0.3) is 16.9 Å². The van der Waals surface area contributed by atoms with Crippen molar-refractivity contribution in [3.8, 4) is 16.9 Å². The first-order valence-corrected chi connectivity index (χ1v) is 12.5. The van der Waals surface area contributed by atoms with Gasteiger partial charge < -0.3 is 19.5 Å². The maximum atomic E-state index is 11.3. The van der Waals surface area contributed by atoms with Gasteiger partial charge in [0, 0.05) is 60.8 Å². The molecule has 2 heterocycles. The van der Waals surface area contributed by atoms with E-state index in [1.807, 2.05) is 22.9 Å². The number of aromatic nitrogens is 3. The number of anilines is 3. The average molecular weight is 490 g/mol. The minimum Gasteiger partial charge on any atom is -0.383 e. The number of hydrogen-bond acceptors (Lipinski definition) is 7. The van der Waals surface area contributed by atoms with Crippen LogP contribution in [0.3, 0.4) is 0 Å². The van der Waals surface area contributed by atoms with E-state index in [1.54, 1.807) is 31.7 Å². The number of imidazole rings is 1. The van der Waals surface area contributed by atoms with Crippen molar-refractivity contribution in [1.82, 2.24) is 14.5 Å². The summed E-state index contributed by atoms with van der Waals surface area (Å²) in [5, 5.41) is 6.39. The molecule has 0 aliphatic carbocycles. The Balaban J connectivity index is 1.44. The van der Waals surface area contributed by atoms with Gasteiger partial charge in [0.15, 0.2) is 5.13 Å². The van der Waals surface area contributed by atoms with E-state index in [2.05, 4.69) is 64.8 Å². The van der Waals surface area contributed by atoms with Crippen molar-refractivity contribution in [2.45, 2.75) is 27.2 Å². The van der Waals surface area contributed by atoms with Gasteiger partial charge in [-0.25, -0.2) is 9.97 Å². The third-order valence-corrected chi connectivity index (χ3v) is 6.55. The number of benzene rings is 2. The zero-order valence-electron chi connectivity index (χ0n) is 20.6. The number of nitrogens with zero attached hydrogens (tertiary/aromatic N) is 4. The first-order chi connectivity index (χ1) is 17.0. The van der Waals surface area contributed by atoms with E-state index >= 15 is 0 Å². The summed E-state index contributed by atoms with van der Waals surface area (Å²) in [5.41, 5.74) is 7.16. The molecule has 4 rings (SSSR count). The SMILES string of the molecule is CCN(CCOC)c1ccc(Nc2nc(-c3ccc(-n4cnc(CC(C)=O)c4)cc3)cs2)c(C)c1. The molecule has 0 saturated carbocycles. The predicted octanol–water partition coefficient (Wildman–Crippen LogP) is 5.65. The zero-order chi connectivity index (χ0) is 24.8. The number of rotatable bonds is 11. The van der Waals surface area contributed by atoms with E-state index in [4.69, 9.17) is 9.72 Å². The topological polar surface area (TPSA) is 72.3 Å². The molecule has 0 unspecified atom stereocenters. The van der Waals surface area contributed by atoms with Gasteiger partial charge in [-0.2, -0.15) is 0 Å². The summed E-state index contributed by atoms with van der Waals surface area (Å²) in [5.74, 6) is 0.106. The van der Waals surface area contributed by atoms with E-state index in [1.165, 1.54) is 11.3 Å². The molecule has 0 radical (unpaired) electrons. The lowest BCUT2D eigenvalue weighted by molar-refractivity contribution is -0.116. The molecule has 0 spiro atoms. The van der Waals surface area contributed by atoms with Gasteiger partial charge >= 0.3 is 0 Å². The molecule has 4 aromatic rings. The van der Waals surface area contributed by atoms with Crippen LogP contribution in [0.5, 0.6) is 0 Å². The standard InChI is InChI=1S/C27H31N5O2S/c1-5-31(12-13-34-4)24-10-11-25(19(2)14-24)29-27-30-26(17-35-27)21-6-8-23(9-7-21)32-16-22(28-18-32)15-20(3)33/h6-11,14,16-18H,5,12-13,15H2,1-4H3,(H,29,30). The summed E-state index contributed by atoms with van der Waals surface area (Å²) >= 11 is 1.59. The molecule has 0 aliphatic heterocycles. The Morgan fingerprint density at radius 2 is 2.00 bits per heavy atom. The molecule has 2 aromatic heterocycles. The number of nitrogens with one attached hydrogen (secondary N) is 1. The minimum atomic E-state index is 0.106. The number of methoxy groups -OCH3 is 1. The van der Waals surface area contributed by atoms with Crippen LogP contribution in [0.2, 0.25) is 0 Å². The number of ketones is 1. The summed E-state index contributed by atoms with van der Waals surface area (Å²) < 4.78 is 7.16. The molecule has 1 N–H and O–H groups in total. The predicted molar refractivity (Wildman–Crippen MR) is 143 cm³/mol. The van der Waals surface area contributed by atoms with Crippen LogP contribution in [0.15, 0.2) is 60.4 Å². The lowest BCUT2D eigenvalue weighted by Crippen LogP contribution is -2.26. The van der Waals surface area contributed by atoms with E-state index in [0.29, 0.717) is 13.0 Å². The van der Waals surface area contributed by atoms with E-state index in [9.17, 15) is 4.79 Å². The lowest BCUT2D eigenvalue weighted by Gasteiger charge is -2.23. The molecule has 7 nitrogen and oxygen atoms in total. The van der Waals surface area contributed by atoms with Crippen molar-refractivity contribution in [2.75, 3.05) is 37.0 Å². The molecular formula is C27H31N5O2S. The molecule has 0 fully saturated rings. The number of likely N-dealkylation sites (N-methyl/N-ethyl adjacent to an activating group) is 1. The van der Waals surface area contributed by atoms with Crippen LogP contribution in [0.1, 0.15) is 25.1 Å². The second-order valence-corrected chi connectivity index (χ2v) is 9.29. The summed E-state index contributed by atoms with van der Waals surface area (Å²) in [7, 11) is 1.73. The number of thiazole rings is 1. The zero-order valence-corrected chi connectivity index (χ0v) is 21.4. The van der Waals surface area contributed by atoms with Crippen LogP contribution in [0, 0.1) is 6.92 Å². The molecule has 0 saturated heterocycles. The largest absolute Gasteiger partial charge is 0.383 e. The van der Waals surface area contributed by atoms with Crippen molar-refractivity contribution in [1.29, 1.82) is 0 Å². The Kier molecular flexibility index (Phi) is 7.94. The first-order valence-electron chi connectivity index (χ1n) is 11.7. The van der Waals surface area contributed by atoms with Crippen molar-refractivity contribution in [3.05, 3.63) is 71.6 Å². The summed E-state index contributed by atoms with van der Waals surface area (Å²) in [6.45, 7) is 8.35. The van der Waals surface area contributed by atoms with E-state index < -0.39 is 0 Å². The molecule has 8 heteroatoms. The van der Waals surface area contributed by atoms with Gasteiger partial charge in [-0.3, -0.25) is 4.79 Å². The van der Waals surface area contributed by atoms with Crippen LogP contribution in [0.4, 0.5) is 16.5 Å². The highest BCUT2D eigenvalue weighted by Gasteiger charge is 2.10. The summed E-state index contributed by atoms with van der Waals surface area (Å²) in [6, 6.07) is 14.6. The van der Waals surface area contributed by atoms with Gasteiger partial charge in [0.2, 0.25) is 0 Å². The molecule has 0 aliphatic rings. The number of ether oxygens (including phenoxy) is 1. The molecule has 0 bridgehead atoms. The number of aryl methyl sites for hydroxylation is 1. The maximum Gasteiger partial charge on any atom is 0.187 e. The molecule has 35 heavy (non-hydrogen) atoms. The van der Waals surface area contributed by atoms with Crippen molar-refractivity contribution in [2.24, 2.45) is 0 Å². The minimum absolute atomic E-state index is 0.106. The highest BCUT2D eigenvalue weighted by molar-refractivity contribution is 7.14. The average Bonchev–Trinajstić information content (AvgIpc) is 3.51. The molecular weight excluding hydrogens is 458 g/mol. The Hall–Kier alpha value is -3.49. The van der Waals surface area contributed by atoms with E-state index in [-0.39, 0.29) is 5.78 Å². The number of carbonyl (C=O) groups excluding carboxylic acids is 1. The fourth-order valence-electron chi connectivity index (χ4n) is 3.89. The Morgan fingerprint density at radius 1 is 1.20 bits per heavy atom. The third kappa shape index (κ3) is 6.15. The van der Waals surface area contributed by atoms with E-state index in [0.717, 1.165) is 46.5 Å². The second kappa shape index (κ2) is 11.3. The molecule has 0 amide bonds. The fourth-order valence-corrected chi connectivity index (χ4v) is 4.62. The third-order valence-electron chi connectivity index (χ3n) is 5.80. The number of Topliss-reactive ketones (excluding diaryl/α,β-unsaturated/α-hetero) is 1. The molecule has 0 atom stereocenters. The quantitative estimate of drug-likeness (QED) is 0.293. The van der Waals surface area contributed by atoms with Gasteiger partial charge in [-0.05, 0) is 56.7 Å². The Labute approximate surface area is 210 Å². The summed E-state index contributed by atoms with van der Waals surface area (Å²) in [4.78, 5) is 22.7. The highest BCUT2D eigenvalue weighted by Crippen LogP contribution is 2.30. The van der Waals surface area contributed by atoms with Crippen molar-refractivity contribution >= 4 is 33.6 Å². The monoisotopic (exact) mass is 489 g/mol. The second-order valence-electron chi connectivity index (χ2n) is 8.43. The van der Waals surface area contributed by atoms with Crippen LogP contribution < -0.4 is 10.2 Å². The molecule has 2 aromatic carbocycles. The van der Waals surface area contributed by atoms with Gasteiger partial charge in [0.05, 0.1) is 24.3 Å². The van der Waals surface area contributed by atoms with Crippen molar-refractivity contribution in [3.63, 3.8) is 0 Å². The Bertz CT molecular complexity index is 1280.